The molecule has 0 radical (unpaired) electrons. The van der Waals surface area contributed by atoms with Crippen LogP contribution in [0.4, 0.5) is 5.95 Å². The third kappa shape index (κ3) is 6.06. The van der Waals surface area contributed by atoms with Gasteiger partial charge in [0.1, 0.15) is 0 Å². The molecule has 9 heteroatoms. The van der Waals surface area contributed by atoms with Crippen molar-refractivity contribution >= 4 is 27.7 Å². The monoisotopic (exact) mass is 433 g/mol. The number of anilines is 1. The van der Waals surface area contributed by atoms with Crippen molar-refractivity contribution in [3.63, 3.8) is 0 Å². The van der Waals surface area contributed by atoms with Gasteiger partial charge in [-0.3, -0.25) is 9.48 Å². The van der Waals surface area contributed by atoms with Crippen molar-refractivity contribution in [1.29, 1.82) is 0 Å². The van der Waals surface area contributed by atoms with Crippen LogP contribution in [0.5, 0.6) is 0 Å². The molecular weight excluding hydrogens is 410 g/mol. The van der Waals surface area contributed by atoms with Crippen molar-refractivity contribution in [2.24, 2.45) is 0 Å². The lowest BCUT2D eigenvalue weighted by Gasteiger charge is -2.00. The number of carbonyl (C=O) groups excluding carboxylic acids is 1. The Balaban J connectivity index is 1.30. The minimum atomic E-state index is 0.111. The van der Waals surface area contributed by atoms with Gasteiger partial charge in [-0.25, -0.2) is 4.98 Å². The number of nitrogen functional groups attached to an aromatic ring is 1. The van der Waals surface area contributed by atoms with Gasteiger partial charge < -0.3 is 15.7 Å². The number of hydrogen-bond donors (Lipinski definition) is 3. The van der Waals surface area contributed by atoms with Crippen molar-refractivity contribution in [2.45, 2.75) is 51.5 Å². The average Bonchev–Trinajstić information content (AvgIpc) is 3.37. The minimum Gasteiger partial charge on any atom is -0.369 e. The van der Waals surface area contributed by atoms with Crippen LogP contribution in [0.1, 0.15) is 54.0 Å². The lowest BCUT2D eigenvalue weighted by molar-refractivity contribution is 0.0974. The highest BCUT2D eigenvalue weighted by atomic mass is 79.9. The molecule has 144 valence electrons. The zero-order chi connectivity index (χ0) is 19.1. The first kappa shape index (κ1) is 19.3. The Morgan fingerprint density at radius 2 is 2.07 bits per heavy atom. The van der Waals surface area contributed by atoms with Crippen LogP contribution in [0, 0.1) is 0 Å². The first-order valence-corrected chi connectivity index (χ1v) is 9.95. The first-order chi connectivity index (χ1) is 13.1. The Kier molecular flexibility index (Phi) is 6.80. The number of hydrogen-bond acceptors (Lipinski definition) is 5. The van der Waals surface area contributed by atoms with Crippen LogP contribution in [0.25, 0.3) is 0 Å². The molecule has 0 saturated carbocycles. The molecule has 4 N–H and O–H groups in total. The summed E-state index contributed by atoms with van der Waals surface area (Å²) in [6.45, 7) is 0.696. The number of aromatic nitrogens is 6. The number of nitrogens with zero attached hydrogens (tertiary/aromatic N) is 4. The van der Waals surface area contributed by atoms with Crippen LogP contribution in [0.2, 0.25) is 0 Å². The van der Waals surface area contributed by atoms with Gasteiger partial charge in [0.2, 0.25) is 0 Å². The van der Waals surface area contributed by atoms with E-state index in [1.165, 1.54) is 0 Å². The Morgan fingerprint density at radius 3 is 2.81 bits per heavy atom. The molecule has 0 amide bonds. The lowest BCUT2D eigenvalue weighted by atomic mass is 10.1. The molecule has 0 bridgehead atoms. The molecule has 0 spiro atoms. The highest BCUT2D eigenvalue weighted by Gasteiger charge is 2.08. The van der Waals surface area contributed by atoms with Gasteiger partial charge in [0, 0.05) is 35.5 Å². The number of imidazole rings is 1. The Bertz CT molecular complexity index is 867. The van der Waals surface area contributed by atoms with E-state index >= 15 is 0 Å². The molecule has 3 rings (SSSR count). The van der Waals surface area contributed by atoms with E-state index in [4.69, 9.17) is 5.73 Å². The summed E-state index contributed by atoms with van der Waals surface area (Å²) in [5, 5.41) is 8.37. The van der Waals surface area contributed by atoms with E-state index < -0.39 is 0 Å². The van der Waals surface area contributed by atoms with Crippen LogP contribution >= 0.6 is 15.9 Å². The zero-order valence-corrected chi connectivity index (χ0v) is 16.7. The molecule has 0 aliphatic carbocycles. The van der Waals surface area contributed by atoms with Gasteiger partial charge >= 0.3 is 0 Å². The molecule has 27 heavy (non-hydrogen) atoms. The molecule has 0 aliphatic heterocycles. The first-order valence-electron chi connectivity index (χ1n) is 9.15. The second-order valence-electron chi connectivity index (χ2n) is 6.59. The summed E-state index contributed by atoms with van der Waals surface area (Å²) in [6.07, 6.45) is 11.9. The topological polar surface area (TPSA) is 118 Å². The van der Waals surface area contributed by atoms with Gasteiger partial charge in [0.05, 0.1) is 17.6 Å². The average molecular weight is 434 g/mol. The Labute approximate surface area is 166 Å². The summed E-state index contributed by atoms with van der Waals surface area (Å²) >= 11 is 3.34. The predicted octanol–water partition coefficient (Wildman–Crippen LogP) is 3.29. The van der Waals surface area contributed by atoms with Crippen molar-refractivity contribution in [3.8, 4) is 0 Å². The number of aryl methyl sites for hydroxylation is 3. The molecule has 3 heterocycles. The smallest absolute Gasteiger partial charge is 0.197 e. The molecule has 3 aromatic heterocycles. The fraction of sp³-hybridized carbons (Fsp3) is 0.444. The molecule has 8 nitrogen and oxygen atoms in total. The SMILES string of the molecule is Nc1ncc(CCCCCc2cn(CCCC(=O)c3cc(Br)c[nH]3)nn2)[nH]1. The molecule has 0 aromatic carbocycles. The van der Waals surface area contributed by atoms with Crippen molar-refractivity contribution in [2.75, 3.05) is 5.73 Å². The van der Waals surface area contributed by atoms with Gasteiger partial charge in [0.15, 0.2) is 11.7 Å². The van der Waals surface area contributed by atoms with Gasteiger partial charge in [-0.2, -0.15) is 0 Å². The van der Waals surface area contributed by atoms with E-state index in [2.05, 4.69) is 41.2 Å². The molecule has 3 aromatic rings. The molecular formula is C18H24BrN7O. The minimum absolute atomic E-state index is 0.111. The number of aromatic amines is 2. The lowest BCUT2D eigenvalue weighted by Crippen LogP contribution is -2.04. The summed E-state index contributed by atoms with van der Waals surface area (Å²) in [5.41, 5.74) is 8.28. The van der Waals surface area contributed by atoms with Crippen LogP contribution in [-0.4, -0.2) is 35.7 Å². The Hall–Kier alpha value is -2.42. The van der Waals surface area contributed by atoms with E-state index in [0.29, 0.717) is 24.6 Å². The third-order valence-electron chi connectivity index (χ3n) is 4.35. The summed E-state index contributed by atoms with van der Waals surface area (Å²) in [4.78, 5) is 22.0. The number of ketones is 1. The number of H-pyrrole nitrogens is 2. The van der Waals surface area contributed by atoms with Crippen LogP contribution in [-0.2, 0) is 19.4 Å². The summed E-state index contributed by atoms with van der Waals surface area (Å²) in [5.74, 6) is 0.587. The second kappa shape index (κ2) is 9.50. The van der Waals surface area contributed by atoms with Crippen LogP contribution < -0.4 is 5.73 Å². The highest BCUT2D eigenvalue weighted by Crippen LogP contribution is 2.13. The maximum absolute atomic E-state index is 12.0. The van der Waals surface area contributed by atoms with Gasteiger partial charge in [-0.1, -0.05) is 11.6 Å². The van der Waals surface area contributed by atoms with Crippen molar-refractivity contribution in [3.05, 3.63) is 46.2 Å². The Morgan fingerprint density at radius 1 is 1.22 bits per heavy atom. The number of Topliss-reactive ketones (excluding diaryl/α,β-unsaturated/α-hetero) is 1. The van der Waals surface area contributed by atoms with Crippen LogP contribution in [0.3, 0.4) is 0 Å². The number of nitrogens with one attached hydrogen (secondary N) is 2. The summed E-state index contributed by atoms with van der Waals surface area (Å²) < 4.78 is 2.71. The summed E-state index contributed by atoms with van der Waals surface area (Å²) in [7, 11) is 0. The fourth-order valence-electron chi connectivity index (χ4n) is 2.93. The normalized spacial score (nSPS) is 11.1. The maximum Gasteiger partial charge on any atom is 0.197 e. The predicted molar refractivity (Wildman–Crippen MR) is 106 cm³/mol. The third-order valence-corrected chi connectivity index (χ3v) is 4.81. The molecule has 0 saturated heterocycles. The van der Waals surface area contributed by atoms with Gasteiger partial charge in [0.25, 0.3) is 0 Å². The number of unbranched alkanes of at least 4 members (excludes halogenated alkanes) is 2. The van der Waals surface area contributed by atoms with Crippen molar-refractivity contribution in [1.82, 2.24) is 29.9 Å². The van der Waals surface area contributed by atoms with E-state index in [1.54, 1.807) is 18.5 Å². The molecule has 0 aliphatic rings. The number of nitrogens with two attached hydrogens (primary N) is 1. The standard InChI is InChI=1S/C18H24BrN7O/c19-13-9-16(21-10-13)17(27)7-4-8-26-12-15(24-25-26)6-3-1-2-5-14-11-22-18(20)23-14/h9-12,21H,1-8H2,(H3,20,22,23). The van der Waals surface area contributed by atoms with E-state index in [9.17, 15) is 4.79 Å². The van der Waals surface area contributed by atoms with E-state index in [1.807, 2.05) is 10.9 Å². The maximum atomic E-state index is 12.0. The zero-order valence-electron chi connectivity index (χ0n) is 15.1. The quantitative estimate of drug-likeness (QED) is 0.316. The number of halogens is 1. The van der Waals surface area contributed by atoms with Gasteiger partial charge in [-0.15, -0.1) is 5.10 Å². The molecule has 0 unspecified atom stereocenters. The highest BCUT2D eigenvalue weighted by molar-refractivity contribution is 9.10. The van der Waals surface area contributed by atoms with Crippen molar-refractivity contribution < 1.29 is 4.79 Å². The van der Waals surface area contributed by atoms with Gasteiger partial charge in [-0.05, 0) is 54.1 Å². The fourth-order valence-corrected chi connectivity index (χ4v) is 3.27. The van der Waals surface area contributed by atoms with E-state index in [0.717, 1.165) is 54.4 Å². The van der Waals surface area contributed by atoms with Crippen LogP contribution in [0.15, 0.2) is 29.1 Å². The number of rotatable bonds is 11. The number of carbonyl (C=O) groups is 1. The second-order valence-corrected chi connectivity index (χ2v) is 7.50. The molecule has 0 atom stereocenters. The largest absolute Gasteiger partial charge is 0.369 e. The molecule has 0 fully saturated rings. The van der Waals surface area contributed by atoms with E-state index in [-0.39, 0.29) is 5.78 Å². The summed E-state index contributed by atoms with van der Waals surface area (Å²) in [6, 6.07) is 1.80.